The van der Waals surface area contributed by atoms with E-state index in [0.29, 0.717) is 30.1 Å². The predicted octanol–water partition coefficient (Wildman–Crippen LogP) is 4.72. The molecule has 0 spiro atoms. The maximum atomic E-state index is 13.5. The molecule has 1 aromatic heterocycles. The van der Waals surface area contributed by atoms with Crippen LogP contribution in [0.2, 0.25) is 0 Å². The van der Waals surface area contributed by atoms with Crippen molar-refractivity contribution >= 4 is 34.4 Å². The first-order chi connectivity index (χ1) is 16.7. The molecule has 1 aromatic carbocycles. The number of carbonyl (C=O) groups is 2. The number of nitrogens with zero attached hydrogens (tertiary/aromatic N) is 1. The number of fused-ring (bicyclic) bond motifs is 6. The zero-order valence-corrected chi connectivity index (χ0v) is 21.1. The standard InChI is InChI=1S/C28H33NO5S/c1-26-11-9-17(30)13-16(26)7-8-18-19-10-12-28(33,27(19,2)14-21(31)24(18)26)23(32)15-35-25-29-20-5-3-4-6-22(20)34-25/h3-6,13,18-19,21,24,31,33H,7-12,14-15H2,1-2H3/t18?,19?,21?,24?,26?,27?,28-/m0/s1. The highest BCUT2D eigenvalue weighted by atomic mass is 32.2. The van der Waals surface area contributed by atoms with Crippen LogP contribution in [0.3, 0.4) is 0 Å². The summed E-state index contributed by atoms with van der Waals surface area (Å²) in [6, 6.07) is 7.49. The molecule has 35 heavy (non-hydrogen) atoms. The Balaban J connectivity index is 1.24. The second-order valence-corrected chi connectivity index (χ2v) is 12.6. The first kappa shape index (κ1) is 23.4. The van der Waals surface area contributed by atoms with Gasteiger partial charge in [0.1, 0.15) is 11.1 Å². The number of para-hydroxylation sites is 2. The number of hydrogen-bond acceptors (Lipinski definition) is 7. The average molecular weight is 496 g/mol. The number of aromatic nitrogens is 1. The average Bonchev–Trinajstić information content (AvgIpc) is 3.36. The van der Waals surface area contributed by atoms with E-state index in [-0.39, 0.29) is 40.5 Å². The Morgan fingerprint density at radius 3 is 2.80 bits per heavy atom. The van der Waals surface area contributed by atoms with Gasteiger partial charge in [0.05, 0.1) is 11.9 Å². The van der Waals surface area contributed by atoms with Crippen LogP contribution in [-0.4, -0.2) is 44.2 Å². The third-order valence-electron chi connectivity index (χ3n) is 10.1. The van der Waals surface area contributed by atoms with Crippen LogP contribution in [0.1, 0.15) is 58.8 Å². The molecule has 4 aliphatic carbocycles. The zero-order valence-electron chi connectivity index (χ0n) is 20.3. The van der Waals surface area contributed by atoms with Crippen LogP contribution < -0.4 is 0 Å². The Morgan fingerprint density at radius 1 is 1.20 bits per heavy atom. The second kappa shape index (κ2) is 8.02. The number of hydrogen-bond donors (Lipinski definition) is 2. The van der Waals surface area contributed by atoms with E-state index in [0.717, 1.165) is 31.2 Å². The molecule has 0 amide bonds. The molecule has 2 aromatic rings. The molecule has 6 unspecified atom stereocenters. The monoisotopic (exact) mass is 495 g/mol. The van der Waals surface area contributed by atoms with Crippen molar-refractivity contribution in [1.82, 2.24) is 4.98 Å². The molecular weight excluding hydrogens is 462 g/mol. The molecule has 6 nitrogen and oxygen atoms in total. The van der Waals surface area contributed by atoms with Crippen LogP contribution in [0.15, 0.2) is 45.6 Å². The number of rotatable bonds is 4. The van der Waals surface area contributed by atoms with Gasteiger partial charge < -0.3 is 14.6 Å². The highest BCUT2D eigenvalue weighted by Crippen LogP contribution is 2.67. The van der Waals surface area contributed by atoms with Crippen molar-refractivity contribution in [1.29, 1.82) is 0 Å². The van der Waals surface area contributed by atoms with E-state index in [1.165, 1.54) is 17.3 Å². The van der Waals surface area contributed by atoms with Crippen molar-refractivity contribution in [3.63, 3.8) is 0 Å². The SMILES string of the molecule is CC12CCC(=O)C=C1CCC1C2C(O)CC2(C)C1CC[C@]2(O)C(=O)CSc1nc2ccccc2o1. The van der Waals surface area contributed by atoms with Gasteiger partial charge in [-0.25, -0.2) is 4.98 Å². The lowest BCUT2D eigenvalue weighted by Gasteiger charge is -2.60. The van der Waals surface area contributed by atoms with Crippen LogP contribution in [0.4, 0.5) is 0 Å². The van der Waals surface area contributed by atoms with Crippen molar-refractivity contribution in [3.8, 4) is 0 Å². The Morgan fingerprint density at radius 2 is 2.00 bits per heavy atom. The second-order valence-electron chi connectivity index (χ2n) is 11.6. The summed E-state index contributed by atoms with van der Waals surface area (Å²) in [5.74, 6) is 0.568. The fraction of sp³-hybridized carbons (Fsp3) is 0.607. The van der Waals surface area contributed by atoms with Crippen molar-refractivity contribution in [2.24, 2.45) is 28.6 Å². The lowest BCUT2D eigenvalue weighted by Crippen LogP contribution is -2.61. The Bertz CT molecular complexity index is 1200. The summed E-state index contributed by atoms with van der Waals surface area (Å²) in [4.78, 5) is 30.1. The third kappa shape index (κ3) is 3.34. The normalized spacial score (nSPS) is 40.7. The van der Waals surface area contributed by atoms with Gasteiger partial charge in [-0.05, 0) is 79.9 Å². The van der Waals surface area contributed by atoms with E-state index in [1.807, 2.05) is 37.3 Å². The summed E-state index contributed by atoms with van der Waals surface area (Å²) in [7, 11) is 0. The number of aliphatic hydroxyl groups is 2. The number of oxazole rings is 1. The topological polar surface area (TPSA) is 101 Å². The minimum atomic E-state index is -1.47. The molecular formula is C28H33NO5S. The van der Waals surface area contributed by atoms with Gasteiger partial charge in [0.15, 0.2) is 17.1 Å². The summed E-state index contributed by atoms with van der Waals surface area (Å²) in [5.41, 5.74) is 0.303. The third-order valence-corrected chi connectivity index (χ3v) is 10.9. The summed E-state index contributed by atoms with van der Waals surface area (Å²) in [5, 5.41) is 23.8. The first-order valence-corrected chi connectivity index (χ1v) is 13.8. The number of allylic oxidation sites excluding steroid dienone is 1. The summed E-state index contributed by atoms with van der Waals surface area (Å²) < 4.78 is 5.75. The van der Waals surface area contributed by atoms with Gasteiger partial charge in [-0.15, -0.1) is 0 Å². The van der Waals surface area contributed by atoms with E-state index < -0.39 is 17.1 Å². The molecule has 2 N–H and O–H groups in total. The minimum absolute atomic E-state index is 0.0697. The number of aliphatic hydroxyl groups excluding tert-OH is 1. The molecule has 3 fully saturated rings. The molecule has 1 heterocycles. The van der Waals surface area contributed by atoms with Crippen LogP contribution in [0, 0.1) is 28.6 Å². The molecule has 7 heteroatoms. The lowest BCUT2D eigenvalue weighted by atomic mass is 9.45. The molecule has 0 aliphatic heterocycles. The van der Waals surface area contributed by atoms with Gasteiger partial charge in [0.25, 0.3) is 5.22 Å². The van der Waals surface area contributed by atoms with Gasteiger partial charge in [-0.3, -0.25) is 9.59 Å². The Labute approximate surface area is 209 Å². The molecule has 0 radical (unpaired) electrons. The van der Waals surface area contributed by atoms with E-state index in [1.54, 1.807) is 0 Å². The largest absolute Gasteiger partial charge is 0.431 e. The lowest BCUT2D eigenvalue weighted by molar-refractivity contribution is -0.178. The van der Waals surface area contributed by atoms with Crippen LogP contribution >= 0.6 is 11.8 Å². The maximum Gasteiger partial charge on any atom is 0.257 e. The number of Topliss-reactive ketones (excluding diaryl/α,β-unsaturated/α-hetero) is 1. The van der Waals surface area contributed by atoms with Crippen molar-refractivity contribution < 1.29 is 24.2 Å². The molecule has 186 valence electrons. The highest BCUT2D eigenvalue weighted by Gasteiger charge is 2.68. The molecule has 4 aliphatic rings. The molecule has 0 bridgehead atoms. The van der Waals surface area contributed by atoms with Crippen molar-refractivity contribution in [2.75, 3.05) is 5.75 Å². The van der Waals surface area contributed by atoms with E-state index >= 15 is 0 Å². The number of thioether (sulfide) groups is 1. The smallest absolute Gasteiger partial charge is 0.257 e. The summed E-state index contributed by atoms with van der Waals surface area (Å²) >= 11 is 1.23. The molecule has 7 atom stereocenters. The Hall–Kier alpha value is -1.96. The quantitative estimate of drug-likeness (QED) is 0.592. The van der Waals surface area contributed by atoms with Gasteiger partial charge >= 0.3 is 0 Å². The number of benzene rings is 1. The number of ketones is 2. The molecule has 6 rings (SSSR count). The Kier molecular flexibility index (Phi) is 5.37. The van der Waals surface area contributed by atoms with Crippen molar-refractivity contribution in [2.45, 2.75) is 75.7 Å². The summed E-state index contributed by atoms with van der Waals surface area (Å²) in [6.45, 7) is 4.24. The number of carbonyl (C=O) groups excluding carboxylic acids is 2. The van der Waals surface area contributed by atoms with Crippen molar-refractivity contribution in [3.05, 3.63) is 35.9 Å². The fourth-order valence-electron chi connectivity index (χ4n) is 8.31. The first-order valence-electron chi connectivity index (χ1n) is 12.8. The predicted molar refractivity (Wildman–Crippen MR) is 133 cm³/mol. The van der Waals surface area contributed by atoms with Crippen LogP contribution in [-0.2, 0) is 9.59 Å². The van der Waals surface area contributed by atoms with Gasteiger partial charge in [0, 0.05) is 11.8 Å². The van der Waals surface area contributed by atoms with E-state index in [9.17, 15) is 19.8 Å². The van der Waals surface area contributed by atoms with E-state index in [2.05, 4.69) is 11.9 Å². The van der Waals surface area contributed by atoms with Crippen LogP contribution in [0.5, 0.6) is 0 Å². The molecule has 0 saturated heterocycles. The van der Waals surface area contributed by atoms with Gasteiger partial charge in [0.2, 0.25) is 0 Å². The highest BCUT2D eigenvalue weighted by molar-refractivity contribution is 7.99. The van der Waals surface area contributed by atoms with Crippen LogP contribution in [0.25, 0.3) is 11.1 Å². The zero-order chi connectivity index (χ0) is 24.6. The maximum absolute atomic E-state index is 13.5. The fourth-order valence-corrected chi connectivity index (χ4v) is 9.11. The minimum Gasteiger partial charge on any atom is -0.431 e. The van der Waals surface area contributed by atoms with Gasteiger partial charge in [-0.2, -0.15) is 0 Å². The van der Waals surface area contributed by atoms with Gasteiger partial charge in [-0.1, -0.05) is 43.3 Å². The molecule has 3 saturated carbocycles. The van der Waals surface area contributed by atoms with E-state index in [4.69, 9.17) is 4.42 Å². The summed E-state index contributed by atoms with van der Waals surface area (Å²) in [6.07, 6.45) is 5.93.